The molecule has 0 radical (unpaired) electrons. The summed E-state index contributed by atoms with van der Waals surface area (Å²) in [5.74, 6) is 0.843. The summed E-state index contributed by atoms with van der Waals surface area (Å²) in [6.45, 7) is 11.4. The van der Waals surface area contributed by atoms with Gasteiger partial charge in [-0.2, -0.15) is 0 Å². The summed E-state index contributed by atoms with van der Waals surface area (Å²) < 4.78 is 0. The molecule has 186 valence electrons. The van der Waals surface area contributed by atoms with Gasteiger partial charge in [0.1, 0.15) is 0 Å². The number of allylic oxidation sites excluding steroid dienone is 1. The Kier molecular flexibility index (Phi) is 14.3. The van der Waals surface area contributed by atoms with Crippen LogP contribution in [0, 0.1) is 5.92 Å². The quantitative estimate of drug-likeness (QED) is 0.185. The van der Waals surface area contributed by atoms with Gasteiger partial charge in [-0.25, -0.2) is 0 Å². The van der Waals surface area contributed by atoms with Gasteiger partial charge in [0, 0.05) is 11.3 Å². The van der Waals surface area contributed by atoms with Gasteiger partial charge in [-0.15, -0.1) is 6.58 Å². The van der Waals surface area contributed by atoms with E-state index in [9.17, 15) is 0 Å². The lowest BCUT2D eigenvalue weighted by Crippen LogP contribution is -2.06. The van der Waals surface area contributed by atoms with Crippen molar-refractivity contribution < 1.29 is 0 Å². The standard InChI is InChI=1S/C29H39N.C4H10/c1-3-5-7-17-26-18-20-28-27(22-26)23-30-29(28)21-19-24(12-4-2)15-10-11-16-25-13-8-6-9-14-25;1-3-4-2/h3,6,8-9,13-14,18,20,22,24H,1,4-5,7,10-12,15-17,19,21,23H2,2H3;3-4H2,1-2H3. The van der Waals surface area contributed by atoms with Crippen molar-refractivity contribution in [3.63, 3.8) is 0 Å². The van der Waals surface area contributed by atoms with E-state index in [1.165, 1.54) is 92.2 Å². The summed E-state index contributed by atoms with van der Waals surface area (Å²) in [6.07, 6.45) is 18.4. The molecule has 34 heavy (non-hydrogen) atoms. The first-order valence-corrected chi connectivity index (χ1v) is 14.0. The van der Waals surface area contributed by atoms with Crippen molar-refractivity contribution in [2.75, 3.05) is 0 Å². The van der Waals surface area contributed by atoms with Gasteiger partial charge in [-0.05, 0) is 67.6 Å². The van der Waals surface area contributed by atoms with Gasteiger partial charge in [-0.1, -0.05) is 114 Å². The zero-order valence-electron chi connectivity index (χ0n) is 22.3. The first-order valence-electron chi connectivity index (χ1n) is 14.0. The molecule has 0 fully saturated rings. The van der Waals surface area contributed by atoms with Crippen LogP contribution in [0.15, 0.2) is 66.2 Å². The Bertz CT molecular complexity index is 831. The Labute approximate surface area is 210 Å². The maximum atomic E-state index is 4.91. The van der Waals surface area contributed by atoms with Gasteiger partial charge in [0.2, 0.25) is 0 Å². The fraction of sp³-hybridized carbons (Fsp3) is 0.545. The van der Waals surface area contributed by atoms with Crippen molar-refractivity contribution in [3.05, 3.63) is 83.4 Å². The van der Waals surface area contributed by atoms with E-state index in [-0.39, 0.29) is 0 Å². The molecule has 2 aromatic rings. The van der Waals surface area contributed by atoms with Gasteiger partial charge in [-0.3, -0.25) is 4.99 Å². The minimum absolute atomic E-state index is 0.843. The van der Waals surface area contributed by atoms with Crippen LogP contribution in [0.3, 0.4) is 0 Å². The van der Waals surface area contributed by atoms with Gasteiger partial charge < -0.3 is 0 Å². The zero-order chi connectivity index (χ0) is 24.4. The molecule has 2 aromatic carbocycles. The monoisotopic (exact) mass is 459 g/mol. The lowest BCUT2D eigenvalue weighted by molar-refractivity contribution is 0.405. The third kappa shape index (κ3) is 10.4. The summed E-state index contributed by atoms with van der Waals surface area (Å²) >= 11 is 0. The van der Waals surface area contributed by atoms with Gasteiger partial charge in [0.15, 0.2) is 0 Å². The highest BCUT2D eigenvalue weighted by atomic mass is 14.8. The van der Waals surface area contributed by atoms with Gasteiger partial charge >= 0.3 is 0 Å². The largest absolute Gasteiger partial charge is 0.284 e. The van der Waals surface area contributed by atoms with Crippen LogP contribution in [0.2, 0.25) is 0 Å². The number of hydrogen-bond acceptors (Lipinski definition) is 1. The van der Waals surface area contributed by atoms with E-state index in [2.05, 4.69) is 75.9 Å². The Morgan fingerprint density at radius 1 is 0.794 bits per heavy atom. The minimum Gasteiger partial charge on any atom is -0.284 e. The molecule has 0 N–H and O–H groups in total. The molecule has 1 unspecified atom stereocenters. The molecule has 1 atom stereocenters. The lowest BCUT2D eigenvalue weighted by Gasteiger charge is -2.16. The maximum Gasteiger partial charge on any atom is 0.0649 e. The highest BCUT2D eigenvalue weighted by Crippen LogP contribution is 2.27. The van der Waals surface area contributed by atoms with E-state index in [1.807, 2.05) is 6.08 Å². The molecule has 0 spiro atoms. The third-order valence-electron chi connectivity index (χ3n) is 6.95. The minimum atomic E-state index is 0.843. The number of nitrogens with zero attached hydrogens (tertiary/aromatic N) is 1. The number of aliphatic imine (C=N–C) groups is 1. The van der Waals surface area contributed by atoms with Crippen molar-refractivity contribution in [3.8, 4) is 0 Å². The summed E-state index contributed by atoms with van der Waals surface area (Å²) in [7, 11) is 0. The SMILES string of the molecule is C=CCCCc1ccc2c(c1)CN=C2CCC(CCC)CCCCc1ccccc1.CCCC. The van der Waals surface area contributed by atoms with Gasteiger partial charge in [0.05, 0.1) is 6.54 Å². The average Bonchev–Trinajstić information content (AvgIpc) is 3.28. The second-order valence-corrected chi connectivity index (χ2v) is 9.86. The fourth-order valence-electron chi connectivity index (χ4n) is 4.73. The van der Waals surface area contributed by atoms with Crippen molar-refractivity contribution >= 4 is 5.71 Å². The van der Waals surface area contributed by atoms with Crippen LogP contribution >= 0.6 is 0 Å². The van der Waals surface area contributed by atoms with Crippen LogP contribution in [0.4, 0.5) is 0 Å². The Morgan fingerprint density at radius 3 is 2.26 bits per heavy atom. The van der Waals surface area contributed by atoms with E-state index in [1.54, 1.807) is 0 Å². The van der Waals surface area contributed by atoms with Crippen molar-refractivity contribution in [2.24, 2.45) is 10.9 Å². The number of hydrogen-bond donors (Lipinski definition) is 0. The van der Waals surface area contributed by atoms with E-state index in [4.69, 9.17) is 4.99 Å². The number of aryl methyl sites for hydroxylation is 2. The van der Waals surface area contributed by atoms with E-state index < -0.39 is 0 Å². The number of benzene rings is 2. The summed E-state index contributed by atoms with van der Waals surface area (Å²) in [6, 6.07) is 18.0. The Morgan fingerprint density at radius 2 is 1.56 bits per heavy atom. The topological polar surface area (TPSA) is 12.4 Å². The predicted octanol–water partition coefficient (Wildman–Crippen LogP) is 9.91. The molecule has 1 heteroatoms. The second kappa shape index (κ2) is 17.3. The zero-order valence-corrected chi connectivity index (χ0v) is 22.3. The van der Waals surface area contributed by atoms with E-state index >= 15 is 0 Å². The summed E-state index contributed by atoms with van der Waals surface area (Å²) in [5, 5.41) is 0. The summed E-state index contributed by atoms with van der Waals surface area (Å²) in [5.41, 5.74) is 7.14. The Balaban J connectivity index is 0.000000945. The molecule has 3 rings (SSSR count). The normalized spacial score (nSPS) is 13.0. The first kappa shape index (κ1) is 28.1. The van der Waals surface area contributed by atoms with Crippen LogP contribution < -0.4 is 0 Å². The molecule has 0 saturated carbocycles. The average molecular weight is 460 g/mol. The lowest BCUT2D eigenvalue weighted by atomic mass is 9.89. The molecule has 0 bridgehead atoms. The maximum absolute atomic E-state index is 4.91. The molecule has 0 amide bonds. The number of fused-ring (bicyclic) bond motifs is 1. The molecule has 1 aliphatic rings. The van der Waals surface area contributed by atoms with Crippen LogP contribution in [0.5, 0.6) is 0 Å². The third-order valence-corrected chi connectivity index (χ3v) is 6.95. The molecule has 0 aliphatic carbocycles. The Hall–Kier alpha value is -2.15. The number of rotatable bonds is 15. The van der Waals surface area contributed by atoms with Crippen LogP contribution in [-0.2, 0) is 19.4 Å². The summed E-state index contributed by atoms with van der Waals surface area (Å²) in [4.78, 5) is 4.91. The van der Waals surface area contributed by atoms with E-state index in [0.717, 1.165) is 31.7 Å². The molecular weight excluding hydrogens is 410 g/mol. The van der Waals surface area contributed by atoms with Gasteiger partial charge in [0.25, 0.3) is 0 Å². The van der Waals surface area contributed by atoms with Crippen LogP contribution in [-0.4, -0.2) is 5.71 Å². The highest BCUT2D eigenvalue weighted by Gasteiger charge is 2.18. The van der Waals surface area contributed by atoms with E-state index in [0.29, 0.717) is 0 Å². The van der Waals surface area contributed by atoms with Crippen molar-refractivity contribution in [2.45, 2.75) is 111 Å². The molecule has 1 nitrogen and oxygen atoms in total. The fourth-order valence-corrected chi connectivity index (χ4v) is 4.73. The molecule has 0 saturated heterocycles. The predicted molar refractivity (Wildman–Crippen MR) is 152 cm³/mol. The van der Waals surface area contributed by atoms with Crippen LogP contribution in [0.1, 0.15) is 114 Å². The molecular formula is C33H49N. The molecule has 0 aromatic heterocycles. The first-order chi connectivity index (χ1) is 16.7. The van der Waals surface area contributed by atoms with Crippen LogP contribution in [0.25, 0.3) is 0 Å². The number of unbranched alkanes of at least 4 members (excludes halogenated alkanes) is 3. The molecule has 1 heterocycles. The van der Waals surface area contributed by atoms with Crippen molar-refractivity contribution in [1.29, 1.82) is 0 Å². The molecule has 1 aliphatic heterocycles. The highest BCUT2D eigenvalue weighted by molar-refractivity contribution is 6.03. The van der Waals surface area contributed by atoms with Crippen molar-refractivity contribution in [1.82, 2.24) is 0 Å². The smallest absolute Gasteiger partial charge is 0.0649 e. The second-order valence-electron chi connectivity index (χ2n) is 9.86.